The molecule has 104 valence electrons. The van der Waals surface area contributed by atoms with Crippen LogP contribution in [0.15, 0.2) is 30.3 Å². The summed E-state index contributed by atoms with van der Waals surface area (Å²) in [5.74, 6) is -0.929. The van der Waals surface area contributed by atoms with Gasteiger partial charge < -0.3 is 10.0 Å². The molecule has 0 fully saturated rings. The van der Waals surface area contributed by atoms with Crippen LogP contribution in [0.5, 0.6) is 0 Å². The Morgan fingerprint density at radius 1 is 1.32 bits per heavy atom. The number of anilines is 1. The quantitative estimate of drug-likeness (QED) is 0.841. The van der Waals surface area contributed by atoms with Crippen LogP contribution in [0.3, 0.4) is 0 Å². The molecule has 0 aliphatic rings. The van der Waals surface area contributed by atoms with Gasteiger partial charge in [-0.2, -0.15) is 0 Å². The smallest absolute Gasteiger partial charge is 0.328 e. The molecule has 0 saturated heterocycles. The van der Waals surface area contributed by atoms with Crippen LogP contribution in [0.1, 0.15) is 33.3 Å². The fourth-order valence-electron chi connectivity index (χ4n) is 1.90. The average Bonchev–Trinajstić information content (AvgIpc) is 2.33. The number of para-hydroxylation sites is 1. The van der Waals surface area contributed by atoms with E-state index in [0.717, 1.165) is 11.3 Å². The summed E-state index contributed by atoms with van der Waals surface area (Å²) in [5, 5.41) is 8.74. The van der Waals surface area contributed by atoms with Crippen molar-refractivity contribution >= 4 is 17.7 Å². The average molecular weight is 261 g/mol. The molecule has 0 bridgehead atoms. The van der Waals surface area contributed by atoms with Crippen molar-refractivity contribution in [1.29, 1.82) is 0 Å². The highest BCUT2D eigenvalue weighted by atomic mass is 16.4. The number of aliphatic carboxylic acids is 1. The van der Waals surface area contributed by atoms with Crippen LogP contribution in [0, 0.1) is 5.41 Å². The number of benzene rings is 1. The number of carbonyl (C=O) groups is 1. The molecular weight excluding hydrogens is 238 g/mol. The Morgan fingerprint density at radius 3 is 2.42 bits per heavy atom. The van der Waals surface area contributed by atoms with Crippen molar-refractivity contribution in [3.63, 3.8) is 0 Å². The van der Waals surface area contributed by atoms with Crippen LogP contribution in [-0.4, -0.2) is 24.2 Å². The molecule has 1 rings (SSSR count). The van der Waals surface area contributed by atoms with Crippen molar-refractivity contribution in [2.45, 2.75) is 33.7 Å². The minimum absolute atomic E-state index is 0.151. The Hall–Kier alpha value is -1.77. The Labute approximate surface area is 115 Å². The SMILES string of the molecule is CC(N(C)c1ccccc1C=CC(=O)O)C(C)(C)C. The van der Waals surface area contributed by atoms with Crippen LogP contribution in [0.2, 0.25) is 0 Å². The highest BCUT2D eigenvalue weighted by molar-refractivity contribution is 5.87. The van der Waals surface area contributed by atoms with Crippen LogP contribution in [0.4, 0.5) is 5.69 Å². The molecule has 3 nitrogen and oxygen atoms in total. The first-order valence-electron chi connectivity index (χ1n) is 6.46. The van der Waals surface area contributed by atoms with E-state index in [1.165, 1.54) is 6.08 Å². The van der Waals surface area contributed by atoms with Crippen molar-refractivity contribution in [1.82, 2.24) is 0 Å². The highest BCUT2D eigenvalue weighted by Crippen LogP contribution is 2.29. The summed E-state index contributed by atoms with van der Waals surface area (Å²) in [6.07, 6.45) is 2.82. The zero-order valence-electron chi connectivity index (χ0n) is 12.3. The lowest BCUT2D eigenvalue weighted by Crippen LogP contribution is -2.39. The summed E-state index contributed by atoms with van der Waals surface area (Å²) in [7, 11) is 2.04. The van der Waals surface area contributed by atoms with E-state index < -0.39 is 5.97 Å². The summed E-state index contributed by atoms with van der Waals surface area (Å²) in [6.45, 7) is 8.77. The second-order valence-electron chi connectivity index (χ2n) is 5.88. The normalized spacial score (nSPS) is 13.5. The Kier molecular flexibility index (Phi) is 4.76. The second kappa shape index (κ2) is 5.91. The number of rotatable bonds is 4. The number of nitrogens with zero attached hydrogens (tertiary/aromatic N) is 1. The lowest BCUT2D eigenvalue weighted by Gasteiger charge is -2.37. The Morgan fingerprint density at radius 2 is 1.89 bits per heavy atom. The van der Waals surface area contributed by atoms with Gasteiger partial charge in [0.05, 0.1) is 0 Å². The number of hydrogen-bond acceptors (Lipinski definition) is 2. The van der Waals surface area contributed by atoms with Gasteiger partial charge in [0.1, 0.15) is 0 Å². The van der Waals surface area contributed by atoms with E-state index in [1.54, 1.807) is 6.08 Å². The fourth-order valence-corrected chi connectivity index (χ4v) is 1.90. The van der Waals surface area contributed by atoms with Crippen molar-refractivity contribution < 1.29 is 9.90 Å². The van der Waals surface area contributed by atoms with Crippen LogP contribution in [-0.2, 0) is 4.79 Å². The maximum atomic E-state index is 10.6. The summed E-state index contributed by atoms with van der Waals surface area (Å²) in [5.41, 5.74) is 2.11. The maximum Gasteiger partial charge on any atom is 0.328 e. The van der Waals surface area contributed by atoms with Gasteiger partial charge in [0, 0.05) is 24.9 Å². The zero-order chi connectivity index (χ0) is 14.6. The number of hydrogen-bond donors (Lipinski definition) is 1. The molecule has 0 aromatic heterocycles. The molecule has 0 aliphatic heterocycles. The van der Waals surface area contributed by atoms with E-state index in [2.05, 4.69) is 32.6 Å². The minimum atomic E-state index is -0.929. The van der Waals surface area contributed by atoms with E-state index in [1.807, 2.05) is 31.3 Å². The van der Waals surface area contributed by atoms with E-state index in [-0.39, 0.29) is 5.41 Å². The lowest BCUT2D eigenvalue weighted by atomic mass is 9.86. The molecule has 0 heterocycles. The first kappa shape index (κ1) is 15.3. The van der Waals surface area contributed by atoms with E-state index in [0.29, 0.717) is 6.04 Å². The summed E-state index contributed by atoms with van der Waals surface area (Å²) < 4.78 is 0. The highest BCUT2D eigenvalue weighted by Gasteiger charge is 2.24. The third-order valence-corrected chi connectivity index (χ3v) is 3.56. The molecule has 0 amide bonds. The molecule has 1 aromatic carbocycles. The molecule has 0 saturated carbocycles. The molecule has 1 N–H and O–H groups in total. The van der Waals surface area contributed by atoms with Gasteiger partial charge in [-0.3, -0.25) is 0 Å². The maximum absolute atomic E-state index is 10.6. The van der Waals surface area contributed by atoms with Gasteiger partial charge in [0.15, 0.2) is 0 Å². The third kappa shape index (κ3) is 4.12. The molecule has 1 aromatic rings. The first-order valence-corrected chi connectivity index (χ1v) is 6.46. The van der Waals surface area contributed by atoms with Gasteiger partial charge in [-0.15, -0.1) is 0 Å². The van der Waals surface area contributed by atoms with Crippen molar-refractivity contribution in [3.8, 4) is 0 Å². The van der Waals surface area contributed by atoms with Gasteiger partial charge >= 0.3 is 5.97 Å². The standard InChI is InChI=1S/C16H23NO2/c1-12(16(2,3)4)17(5)14-9-7-6-8-13(14)10-11-15(18)19/h6-12H,1-5H3,(H,18,19). The molecular formula is C16H23NO2. The molecule has 1 atom stereocenters. The predicted molar refractivity (Wildman–Crippen MR) is 80.4 cm³/mol. The summed E-state index contributed by atoms with van der Waals surface area (Å²) >= 11 is 0. The van der Waals surface area contributed by atoms with Crippen LogP contribution >= 0.6 is 0 Å². The number of carboxylic acid groups (broad SMARTS) is 1. The van der Waals surface area contributed by atoms with Crippen molar-refractivity contribution in [2.24, 2.45) is 5.41 Å². The van der Waals surface area contributed by atoms with Gasteiger partial charge in [-0.1, -0.05) is 39.0 Å². The molecule has 19 heavy (non-hydrogen) atoms. The monoisotopic (exact) mass is 261 g/mol. The van der Waals surface area contributed by atoms with E-state index >= 15 is 0 Å². The van der Waals surface area contributed by atoms with Crippen molar-refractivity contribution in [3.05, 3.63) is 35.9 Å². The topological polar surface area (TPSA) is 40.5 Å². The largest absolute Gasteiger partial charge is 0.478 e. The van der Waals surface area contributed by atoms with Crippen molar-refractivity contribution in [2.75, 3.05) is 11.9 Å². The van der Waals surface area contributed by atoms with Crippen LogP contribution < -0.4 is 4.90 Å². The molecule has 0 spiro atoms. The Balaban J connectivity index is 3.10. The van der Waals surface area contributed by atoms with Gasteiger partial charge in [0.2, 0.25) is 0 Å². The van der Waals surface area contributed by atoms with Crippen LogP contribution in [0.25, 0.3) is 6.08 Å². The van der Waals surface area contributed by atoms with Gasteiger partial charge in [0.25, 0.3) is 0 Å². The van der Waals surface area contributed by atoms with E-state index in [9.17, 15) is 4.79 Å². The molecule has 0 aliphatic carbocycles. The lowest BCUT2D eigenvalue weighted by molar-refractivity contribution is -0.131. The minimum Gasteiger partial charge on any atom is -0.478 e. The number of carboxylic acids is 1. The fraction of sp³-hybridized carbons (Fsp3) is 0.438. The molecule has 1 unspecified atom stereocenters. The first-order chi connectivity index (χ1) is 8.73. The zero-order valence-corrected chi connectivity index (χ0v) is 12.3. The third-order valence-electron chi connectivity index (χ3n) is 3.56. The Bertz CT molecular complexity index is 472. The molecule has 3 heteroatoms. The van der Waals surface area contributed by atoms with Gasteiger partial charge in [-0.25, -0.2) is 4.79 Å². The molecule has 0 radical (unpaired) electrons. The van der Waals surface area contributed by atoms with Gasteiger partial charge in [-0.05, 0) is 30.0 Å². The van der Waals surface area contributed by atoms with E-state index in [4.69, 9.17) is 5.11 Å². The summed E-state index contributed by atoms with van der Waals surface area (Å²) in [6, 6.07) is 8.18. The summed E-state index contributed by atoms with van der Waals surface area (Å²) in [4.78, 5) is 12.8. The predicted octanol–water partition coefficient (Wildman–Crippen LogP) is 3.66. The second-order valence-corrected chi connectivity index (χ2v) is 5.88.